The van der Waals surface area contributed by atoms with Crippen LogP contribution in [0.2, 0.25) is 0 Å². The summed E-state index contributed by atoms with van der Waals surface area (Å²) in [5.41, 5.74) is 0.938. The molecular weight excluding hydrogens is 290 g/mol. The van der Waals surface area contributed by atoms with Gasteiger partial charge in [0, 0.05) is 27.2 Å². The minimum atomic E-state index is -0.324. The molecule has 1 N–H and O–H groups in total. The molecule has 1 rings (SSSR count). The summed E-state index contributed by atoms with van der Waals surface area (Å²) in [5.74, 6) is -0.0107. The maximum absolute atomic E-state index is 12.5. The first-order valence-corrected chi connectivity index (χ1v) is 8.15. The first kappa shape index (κ1) is 19.0. The number of benzene rings is 1. The zero-order valence-electron chi connectivity index (χ0n) is 14.9. The van der Waals surface area contributed by atoms with E-state index >= 15 is 0 Å². The maximum Gasteiger partial charge on any atom is 0.317 e. The lowest BCUT2D eigenvalue weighted by Crippen LogP contribution is -2.44. The van der Waals surface area contributed by atoms with E-state index in [0.29, 0.717) is 0 Å². The lowest BCUT2D eigenvalue weighted by molar-refractivity contribution is -0.129. The summed E-state index contributed by atoms with van der Waals surface area (Å²) in [5, 5.41) is 3.00. The second-order valence-corrected chi connectivity index (χ2v) is 6.15. The van der Waals surface area contributed by atoms with Crippen LogP contribution in [0.4, 0.5) is 4.79 Å². The fourth-order valence-electron chi connectivity index (χ4n) is 2.36. The highest BCUT2D eigenvalue weighted by Crippen LogP contribution is 2.18. The predicted octanol–water partition coefficient (Wildman–Crippen LogP) is 3.04. The van der Waals surface area contributed by atoms with Crippen molar-refractivity contribution in [3.8, 4) is 0 Å². The highest BCUT2D eigenvalue weighted by atomic mass is 16.2. The normalized spacial score (nSPS) is 13.1. The number of hydrogen-bond donors (Lipinski definition) is 1. The van der Waals surface area contributed by atoms with Crippen molar-refractivity contribution in [2.75, 3.05) is 21.1 Å². The molecular formula is C18H29N3O2. The molecule has 1 aromatic carbocycles. The van der Waals surface area contributed by atoms with E-state index in [1.165, 1.54) is 0 Å². The van der Waals surface area contributed by atoms with E-state index in [1.54, 1.807) is 30.9 Å². The Hall–Kier alpha value is -2.04. The molecule has 5 nitrogen and oxygen atoms in total. The second-order valence-electron chi connectivity index (χ2n) is 6.15. The highest BCUT2D eigenvalue weighted by Gasteiger charge is 2.22. The smallest absolute Gasteiger partial charge is 0.317 e. The van der Waals surface area contributed by atoms with Gasteiger partial charge in [-0.3, -0.25) is 4.79 Å². The number of carbonyl (C=O) groups is 2. The van der Waals surface area contributed by atoms with Crippen molar-refractivity contribution in [3.63, 3.8) is 0 Å². The Morgan fingerprint density at radius 2 is 1.74 bits per heavy atom. The van der Waals surface area contributed by atoms with Crippen LogP contribution in [0, 0.1) is 0 Å². The Kier molecular flexibility index (Phi) is 7.59. The van der Waals surface area contributed by atoms with Gasteiger partial charge in [-0.15, -0.1) is 0 Å². The Balaban J connectivity index is 2.84. The average molecular weight is 319 g/mol. The van der Waals surface area contributed by atoms with Crippen molar-refractivity contribution >= 4 is 11.9 Å². The van der Waals surface area contributed by atoms with Gasteiger partial charge < -0.3 is 15.1 Å². The second kappa shape index (κ2) is 9.18. The van der Waals surface area contributed by atoms with Crippen LogP contribution in [-0.4, -0.2) is 48.9 Å². The largest absolute Gasteiger partial charge is 0.349 e. The van der Waals surface area contributed by atoms with Crippen molar-refractivity contribution < 1.29 is 9.59 Å². The zero-order valence-corrected chi connectivity index (χ0v) is 14.9. The van der Waals surface area contributed by atoms with Crippen LogP contribution in [0.5, 0.6) is 0 Å². The maximum atomic E-state index is 12.5. The van der Waals surface area contributed by atoms with E-state index < -0.39 is 0 Å². The number of carbonyl (C=O) groups excluding carboxylic acids is 2. The molecule has 0 saturated carbocycles. The third kappa shape index (κ3) is 5.93. The molecule has 2 atom stereocenters. The van der Waals surface area contributed by atoms with Gasteiger partial charge in [0.2, 0.25) is 5.91 Å². The van der Waals surface area contributed by atoms with Crippen LogP contribution in [0.15, 0.2) is 30.3 Å². The minimum Gasteiger partial charge on any atom is -0.349 e. The number of rotatable bonds is 7. The number of urea groups is 1. The summed E-state index contributed by atoms with van der Waals surface area (Å²) in [7, 11) is 5.24. The lowest BCUT2D eigenvalue weighted by atomic mass is 10.0. The van der Waals surface area contributed by atoms with Crippen molar-refractivity contribution in [2.45, 2.75) is 45.2 Å². The van der Waals surface area contributed by atoms with Gasteiger partial charge in [-0.25, -0.2) is 4.79 Å². The molecule has 0 aliphatic heterocycles. The molecule has 0 aliphatic carbocycles. The van der Waals surface area contributed by atoms with Crippen molar-refractivity contribution in [2.24, 2.45) is 0 Å². The summed E-state index contributed by atoms with van der Waals surface area (Å²) >= 11 is 0. The monoisotopic (exact) mass is 319 g/mol. The van der Waals surface area contributed by atoms with Crippen molar-refractivity contribution in [3.05, 3.63) is 35.9 Å². The van der Waals surface area contributed by atoms with Crippen LogP contribution >= 0.6 is 0 Å². The molecule has 0 fully saturated rings. The predicted molar refractivity (Wildman–Crippen MR) is 93.2 cm³/mol. The molecule has 1 aromatic rings. The van der Waals surface area contributed by atoms with Crippen LogP contribution < -0.4 is 5.32 Å². The Morgan fingerprint density at radius 3 is 2.26 bits per heavy atom. The topological polar surface area (TPSA) is 52.7 Å². The fourth-order valence-corrected chi connectivity index (χ4v) is 2.36. The Morgan fingerprint density at radius 1 is 1.13 bits per heavy atom. The standard InChI is InChI=1S/C18H29N3O2/c1-6-10-14(2)21(5)18(23)19-16(13-17(22)20(3)4)15-11-8-7-9-12-15/h7-9,11-12,14,16H,6,10,13H2,1-5H3,(H,19,23)/t14-,16-/m1/s1. The summed E-state index contributed by atoms with van der Waals surface area (Å²) in [4.78, 5) is 27.8. The van der Waals surface area contributed by atoms with E-state index in [0.717, 1.165) is 18.4 Å². The minimum absolute atomic E-state index is 0.0107. The van der Waals surface area contributed by atoms with Crippen LogP contribution in [0.3, 0.4) is 0 Å². The molecule has 0 radical (unpaired) electrons. The quantitative estimate of drug-likeness (QED) is 0.840. The van der Waals surface area contributed by atoms with Gasteiger partial charge in [0.05, 0.1) is 12.5 Å². The van der Waals surface area contributed by atoms with Gasteiger partial charge in [0.15, 0.2) is 0 Å². The van der Waals surface area contributed by atoms with E-state index in [9.17, 15) is 9.59 Å². The molecule has 128 valence electrons. The average Bonchev–Trinajstić information content (AvgIpc) is 2.54. The molecule has 0 bridgehead atoms. The molecule has 3 amide bonds. The fraction of sp³-hybridized carbons (Fsp3) is 0.556. The molecule has 0 heterocycles. The number of amides is 3. The van der Waals surface area contributed by atoms with Crippen LogP contribution in [0.25, 0.3) is 0 Å². The van der Waals surface area contributed by atoms with Gasteiger partial charge in [-0.05, 0) is 18.9 Å². The third-order valence-corrected chi connectivity index (χ3v) is 4.07. The van der Waals surface area contributed by atoms with E-state index in [4.69, 9.17) is 0 Å². The molecule has 0 spiro atoms. The van der Waals surface area contributed by atoms with Crippen molar-refractivity contribution in [1.82, 2.24) is 15.1 Å². The van der Waals surface area contributed by atoms with E-state index in [-0.39, 0.29) is 30.4 Å². The number of nitrogens with one attached hydrogen (secondary N) is 1. The number of nitrogens with zero attached hydrogens (tertiary/aromatic N) is 2. The van der Waals surface area contributed by atoms with Gasteiger partial charge in [-0.1, -0.05) is 43.7 Å². The van der Waals surface area contributed by atoms with Crippen LogP contribution in [-0.2, 0) is 4.79 Å². The summed E-state index contributed by atoms with van der Waals surface area (Å²) in [6.07, 6.45) is 2.23. The molecule has 0 saturated heterocycles. The van der Waals surface area contributed by atoms with E-state index in [1.807, 2.05) is 37.3 Å². The molecule has 23 heavy (non-hydrogen) atoms. The first-order valence-electron chi connectivity index (χ1n) is 8.15. The molecule has 0 unspecified atom stereocenters. The van der Waals surface area contributed by atoms with Gasteiger partial charge in [-0.2, -0.15) is 0 Å². The lowest BCUT2D eigenvalue weighted by Gasteiger charge is -2.28. The third-order valence-electron chi connectivity index (χ3n) is 4.07. The molecule has 5 heteroatoms. The van der Waals surface area contributed by atoms with Gasteiger partial charge in [0.25, 0.3) is 0 Å². The summed E-state index contributed by atoms with van der Waals surface area (Å²) in [6, 6.07) is 9.32. The summed E-state index contributed by atoms with van der Waals surface area (Å²) in [6.45, 7) is 4.14. The number of hydrogen-bond acceptors (Lipinski definition) is 2. The van der Waals surface area contributed by atoms with Gasteiger partial charge >= 0.3 is 6.03 Å². The van der Waals surface area contributed by atoms with Gasteiger partial charge in [0.1, 0.15) is 0 Å². The zero-order chi connectivity index (χ0) is 17.4. The summed E-state index contributed by atoms with van der Waals surface area (Å²) < 4.78 is 0. The highest BCUT2D eigenvalue weighted by molar-refractivity contribution is 5.79. The molecule has 0 aromatic heterocycles. The Bertz CT molecular complexity index is 502. The van der Waals surface area contributed by atoms with Crippen LogP contribution in [0.1, 0.15) is 44.7 Å². The SMILES string of the molecule is CCC[C@@H](C)N(C)C(=O)N[C@H](CC(=O)N(C)C)c1ccccc1. The van der Waals surface area contributed by atoms with E-state index in [2.05, 4.69) is 12.2 Å². The first-order chi connectivity index (χ1) is 10.9. The molecule has 0 aliphatic rings. The van der Waals surface area contributed by atoms with Crippen molar-refractivity contribution in [1.29, 1.82) is 0 Å². The Labute approximate surface area is 139 Å².